The summed E-state index contributed by atoms with van der Waals surface area (Å²) in [7, 11) is 0. The molecule has 0 radical (unpaired) electrons. The number of carbonyl (C=O) groups excluding carboxylic acids is 2. The van der Waals surface area contributed by atoms with Gasteiger partial charge in [0.05, 0.1) is 18.4 Å². The average Bonchev–Trinajstić information content (AvgIpc) is 3.15. The molecule has 2 aromatic carbocycles. The van der Waals surface area contributed by atoms with Crippen LogP contribution in [0.4, 0.5) is 10.1 Å². The lowest BCUT2D eigenvalue weighted by molar-refractivity contribution is -0.142. The molecular formula is C20H16ClFN4O3. The van der Waals surface area contributed by atoms with E-state index in [1.807, 2.05) is 30.3 Å². The lowest BCUT2D eigenvalue weighted by Gasteiger charge is -2.06. The number of anilines is 1. The minimum atomic E-state index is -0.746. The molecule has 3 aromatic rings. The Labute approximate surface area is 170 Å². The van der Waals surface area contributed by atoms with Gasteiger partial charge >= 0.3 is 5.97 Å². The molecule has 1 aromatic heterocycles. The number of amides is 1. The van der Waals surface area contributed by atoms with Crippen molar-refractivity contribution in [3.63, 3.8) is 0 Å². The van der Waals surface area contributed by atoms with Crippen LogP contribution in [0.3, 0.4) is 0 Å². The third kappa shape index (κ3) is 6.25. The van der Waals surface area contributed by atoms with Gasteiger partial charge in [-0.25, -0.2) is 13.9 Å². The first-order valence-electron chi connectivity index (χ1n) is 8.53. The van der Waals surface area contributed by atoms with Crippen LogP contribution in [-0.2, 0) is 20.9 Å². The van der Waals surface area contributed by atoms with E-state index >= 15 is 0 Å². The predicted molar refractivity (Wildman–Crippen MR) is 106 cm³/mol. The summed E-state index contributed by atoms with van der Waals surface area (Å²) in [6.45, 7) is -0.0256. The van der Waals surface area contributed by atoms with Crippen LogP contribution in [0, 0.1) is 5.82 Å². The molecule has 0 bridgehead atoms. The number of rotatable bonds is 7. The van der Waals surface area contributed by atoms with Crippen molar-refractivity contribution < 1.29 is 18.7 Å². The molecule has 3 rings (SSSR count). The summed E-state index contributed by atoms with van der Waals surface area (Å²) in [4.78, 5) is 23.5. The normalized spacial score (nSPS) is 10.8. The highest BCUT2D eigenvalue weighted by Crippen LogP contribution is 2.19. The molecule has 0 aliphatic heterocycles. The third-order valence-electron chi connectivity index (χ3n) is 3.68. The van der Waals surface area contributed by atoms with Crippen molar-refractivity contribution >= 4 is 35.2 Å². The van der Waals surface area contributed by atoms with Crippen LogP contribution in [0.15, 0.2) is 60.8 Å². The van der Waals surface area contributed by atoms with E-state index in [2.05, 4.69) is 15.6 Å². The molecule has 0 saturated heterocycles. The van der Waals surface area contributed by atoms with Gasteiger partial charge in [-0.15, -0.1) is 5.10 Å². The van der Waals surface area contributed by atoms with Gasteiger partial charge in [-0.05, 0) is 29.8 Å². The Morgan fingerprint density at radius 3 is 2.79 bits per heavy atom. The molecule has 0 aliphatic carbocycles. The highest BCUT2D eigenvalue weighted by Gasteiger charge is 2.10. The first-order valence-corrected chi connectivity index (χ1v) is 8.91. The highest BCUT2D eigenvalue weighted by atomic mass is 35.5. The fourth-order valence-electron chi connectivity index (χ4n) is 2.36. The highest BCUT2D eigenvalue weighted by molar-refractivity contribution is 6.30. The van der Waals surface area contributed by atoms with Gasteiger partial charge in [0.25, 0.3) is 5.91 Å². The Hall–Kier alpha value is -3.52. The van der Waals surface area contributed by atoms with Crippen LogP contribution in [0.5, 0.6) is 0 Å². The van der Waals surface area contributed by atoms with Crippen LogP contribution >= 0.6 is 11.6 Å². The molecule has 0 spiro atoms. The van der Waals surface area contributed by atoms with E-state index in [1.54, 1.807) is 10.9 Å². The Morgan fingerprint density at radius 2 is 2.00 bits per heavy atom. The van der Waals surface area contributed by atoms with Crippen molar-refractivity contribution in [2.24, 2.45) is 0 Å². The maximum absolute atomic E-state index is 13.6. The van der Waals surface area contributed by atoms with Gasteiger partial charge in [-0.2, -0.15) is 0 Å². The second-order valence-corrected chi connectivity index (χ2v) is 6.38. The van der Waals surface area contributed by atoms with Crippen molar-refractivity contribution in [1.29, 1.82) is 0 Å². The summed E-state index contributed by atoms with van der Waals surface area (Å²) < 4.78 is 20.0. The first kappa shape index (κ1) is 20.2. The molecule has 0 unspecified atom stereocenters. The van der Waals surface area contributed by atoms with Gasteiger partial charge in [-0.1, -0.05) is 47.1 Å². The SMILES string of the molecule is O=C(COC(=O)/C=C/c1cn(Cc2ccccc2)nn1)Nc1cc(Cl)ccc1F. The molecule has 0 atom stereocenters. The van der Waals surface area contributed by atoms with E-state index in [-0.39, 0.29) is 10.7 Å². The lowest BCUT2D eigenvalue weighted by atomic mass is 10.2. The molecule has 0 saturated carbocycles. The number of aromatic nitrogens is 3. The van der Waals surface area contributed by atoms with Gasteiger partial charge in [-0.3, -0.25) is 4.79 Å². The van der Waals surface area contributed by atoms with Crippen molar-refractivity contribution in [3.05, 3.63) is 82.9 Å². The van der Waals surface area contributed by atoms with Crippen molar-refractivity contribution in [2.45, 2.75) is 6.54 Å². The van der Waals surface area contributed by atoms with Gasteiger partial charge in [0.15, 0.2) is 6.61 Å². The molecule has 7 nitrogen and oxygen atoms in total. The summed E-state index contributed by atoms with van der Waals surface area (Å²) >= 11 is 5.75. The van der Waals surface area contributed by atoms with Gasteiger partial charge < -0.3 is 10.1 Å². The molecule has 1 N–H and O–H groups in total. The van der Waals surface area contributed by atoms with Crippen molar-refractivity contribution in [1.82, 2.24) is 15.0 Å². The maximum atomic E-state index is 13.6. The van der Waals surface area contributed by atoms with Crippen LogP contribution < -0.4 is 5.32 Å². The number of hydrogen-bond donors (Lipinski definition) is 1. The zero-order valence-electron chi connectivity index (χ0n) is 15.1. The van der Waals surface area contributed by atoms with E-state index in [1.165, 1.54) is 18.2 Å². The molecule has 29 heavy (non-hydrogen) atoms. The van der Waals surface area contributed by atoms with E-state index in [0.717, 1.165) is 17.7 Å². The number of nitrogens with one attached hydrogen (secondary N) is 1. The van der Waals surface area contributed by atoms with Crippen LogP contribution in [0.25, 0.3) is 6.08 Å². The number of nitrogens with zero attached hydrogens (tertiary/aromatic N) is 3. The molecule has 0 fully saturated rings. The summed E-state index contributed by atoms with van der Waals surface area (Å²) in [6.07, 6.45) is 4.22. The molecule has 1 amide bonds. The summed E-state index contributed by atoms with van der Waals surface area (Å²) in [5.41, 5.74) is 1.43. The fraction of sp³-hybridized carbons (Fsp3) is 0.100. The van der Waals surface area contributed by atoms with Gasteiger partial charge in [0, 0.05) is 11.1 Å². The zero-order valence-corrected chi connectivity index (χ0v) is 15.8. The lowest BCUT2D eigenvalue weighted by Crippen LogP contribution is -2.20. The third-order valence-corrected chi connectivity index (χ3v) is 3.92. The fourth-order valence-corrected chi connectivity index (χ4v) is 2.53. The van der Waals surface area contributed by atoms with Crippen LogP contribution in [0.2, 0.25) is 5.02 Å². The van der Waals surface area contributed by atoms with E-state index < -0.39 is 24.3 Å². The summed E-state index contributed by atoms with van der Waals surface area (Å²) in [6, 6.07) is 13.5. The van der Waals surface area contributed by atoms with Crippen LogP contribution in [-0.4, -0.2) is 33.5 Å². The molecule has 0 aliphatic rings. The summed E-state index contributed by atoms with van der Waals surface area (Å²) in [5.74, 6) is -2.08. The number of hydrogen-bond acceptors (Lipinski definition) is 5. The monoisotopic (exact) mass is 414 g/mol. The smallest absolute Gasteiger partial charge is 0.331 e. The van der Waals surface area contributed by atoms with Gasteiger partial charge in [0.2, 0.25) is 0 Å². The largest absolute Gasteiger partial charge is 0.452 e. The van der Waals surface area contributed by atoms with Crippen molar-refractivity contribution in [3.8, 4) is 0 Å². The minimum absolute atomic E-state index is 0.0934. The quantitative estimate of drug-likeness (QED) is 0.473. The molecular weight excluding hydrogens is 399 g/mol. The number of benzene rings is 2. The van der Waals surface area contributed by atoms with Gasteiger partial charge in [0.1, 0.15) is 11.5 Å². The van der Waals surface area contributed by atoms with E-state index in [4.69, 9.17) is 16.3 Å². The second kappa shape index (κ2) is 9.61. The molecule has 1 heterocycles. The van der Waals surface area contributed by atoms with Crippen LogP contribution in [0.1, 0.15) is 11.3 Å². The Morgan fingerprint density at radius 1 is 1.21 bits per heavy atom. The number of esters is 1. The first-order chi connectivity index (χ1) is 14.0. The predicted octanol–water partition coefficient (Wildman–Crippen LogP) is 3.31. The number of ether oxygens (including phenoxy) is 1. The molecule has 9 heteroatoms. The second-order valence-electron chi connectivity index (χ2n) is 5.94. The average molecular weight is 415 g/mol. The minimum Gasteiger partial charge on any atom is -0.452 e. The summed E-state index contributed by atoms with van der Waals surface area (Å²) in [5, 5.41) is 10.5. The Bertz CT molecular complexity index is 1040. The van der Waals surface area contributed by atoms with Crippen molar-refractivity contribution in [2.75, 3.05) is 11.9 Å². The number of halogens is 2. The Balaban J connectivity index is 1.47. The standard InChI is InChI=1S/C20H16ClFN4O3/c21-15-6-8-17(22)18(10-15)23-19(27)13-29-20(28)9-7-16-12-26(25-24-16)11-14-4-2-1-3-5-14/h1-10,12H,11,13H2,(H,23,27)/b9-7+. The van der Waals surface area contributed by atoms with E-state index in [0.29, 0.717) is 12.2 Å². The maximum Gasteiger partial charge on any atom is 0.331 e. The Kier molecular flexibility index (Phi) is 6.70. The van der Waals surface area contributed by atoms with E-state index in [9.17, 15) is 14.0 Å². The number of carbonyl (C=O) groups is 2. The zero-order chi connectivity index (χ0) is 20.6. The topological polar surface area (TPSA) is 86.1 Å². The molecule has 148 valence electrons.